The van der Waals surface area contributed by atoms with Crippen LogP contribution >= 0.6 is 0 Å². The lowest BCUT2D eigenvalue weighted by Crippen LogP contribution is -2.21. The number of ketones is 1. The SMILES string of the molecule is CCCC1=COC(CC)C(=O)c2cccn21. The lowest BCUT2D eigenvalue weighted by Gasteiger charge is -2.09. The fourth-order valence-corrected chi connectivity index (χ4v) is 1.99. The zero-order valence-corrected chi connectivity index (χ0v) is 9.77. The van der Waals surface area contributed by atoms with Gasteiger partial charge in [-0.2, -0.15) is 0 Å². The van der Waals surface area contributed by atoms with Crippen LogP contribution in [0.5, 0.6) is 0 Å². The molecule has 0 spiro atoms. The molecule has 1 unspecified atom stereocenters. The van der Waals surface area contributed by atoms with Crippen LogP contribution in [-0.2, 0) is 4.74 Å². The van der Waals surface area contributed by atoms with Crippen molar-refractivity contribution in [3.05, 3.63) is 30.3 Å². The minimum atomic E-state index is -0.331. The van der Waals surface area contributed by atoms with Gasteiger partial charge in [-0.1, -0.05) is 20.3 Å². The van der Waals surface area contributed by atoms with Gasteiger partial charge in [-0.25, -0.2) is 0 Å². The van der Waals surface area contributed by atoms with E-state index in [-0.39, 0.29) is 11.9 Å². The maximum Gasteiger partial charge on any atom is 0.219 e. The molecule has 2 heterocycles. The molecule has 2 rings (SSSR count). The highest BCUT2D eigenvalue weighted by Crippen LogP contribution is 2.23. The first kappa shape index (κ1) is 11.0. The highest BCUT2D eigenvalue weighted by Gasteiger charge is 2.25. The average molecular weight is 219 g/mol. The molecule has 0 saturated carbocycles. The van der Waals surface area contributed by atoms with Crippen LogP contribution in [0.25, 0.3) is 5.70 Å². The third-order valence-electron chi connectivity index (χ3n) is 2.85. The second-order valence-electron chi connectivity index (χ2n) is 4.02. The summed E-state index contributed by atoms with van der Waals surface area (Å²) in [6.07, 6.45) is 6.01. The fourth-order valence-electron chi connectivity index (χ4n) is 1.99. The van der Waals surface area contributed by atoms with E-state index in [4.69, 9.17) is 4.74 Å². The van der Waals surface area contributed by atoms with Gasteiger partial charge in [-0.05, 0) is 25.0 Å². The summed E-state index contributed by atoms with van der Waals surface area (Å²) >= 11 is 0. The summed E-state index contributed by atoms with van der Waals surface area (Å²) in [7, 11) is 0. The second kappa shape index (κ2) is 4.56. The maximum atomic E-state index is 12.1. The van der Waals surface area contributed by atoms with E-state index in [9.17, 15) is 4.79 Å². The number of allylic oxidation sites excluding steroid dienone is 1. The van der Waals surface area contributed by atoms with Crippen LogP contribution in [0.4, 0.5) is 0 Å². The van der Waals surface area contributed by atoms with Crippen molar-refractivity contribution in [2.75, 3.05) is 0 Å². The van der Waals surface area contributed by atoms with Gasteiger partial charge in [0.25, 0.3) is 0 Å². The number of hydrogen-bond donors (Lipinski definition) is 0. The zero-order valence-electron chi connectivity index (χ0n) is 9.77. The number of aromatic nitrogens is 1. The van der Waals surface area contributed by atoms with Crippen LogP contribution in [0.1, 0.15) is 43.6 Å². The van der Waals surface area contributed by atoms with Gasteiger partial charge < -0.3 is 9.30 Å². The van der Waals surface area contributed by atoms with Crippen LogP contribution in [0.3, 0.4) is 0 Å². The summed E-state index contributed by atoms with van der Waals surface area (Å²) in [6, 6.07) is 3.78. The second-order valence-corrected chi connectivity index (χ2v) is 4.02. The number of hydrogen-bond acceptors (Lipinski definition) is 2. The first-order valence-electron chi connectivity index (χ1n) is 5.84. The van der Waals surface area contributed by atoms with Gasteiger partial charge >= 0.3 is 0 Å². The Kier molecular flexibility index (Phi) is 3.13. The molecule has 86 valence electrons. The third-order valence-corrected chi connectivity index (χ3v) is 2.85. The van der Waals surface area contributed by atoms with Crippen molar-refractivity contribution in [1.29, 1.82) is 0 Å². The highest BCUT2D eigenvalue weighted by atomic mass is 16.5. The highest BCUT2D eigenvalue weighted by molar-refractivity contribution is 5.99. The van der Waals surface area contributed by atoms with Gasteiger partial charge in [0.05, 0.1) is 11.4 Å². The standard InChI is InChI=1S/C13H17NO2/c1-3-6-10-9-16-12(4-2)13(15)11-7-5-8-14(10)11/h5,7-9,12H,3-4,6H2,1-2H3. The molecule has 0 bridgehead atoms. The van der Waals surface area contributed by atoms with Crippen molar-refractivity contribution in [2.45, 2.75) is 39.2 Å². The van der Waals surface area contributed by atoms with Crippen molar-refractivity contribution in [3.63, 3.8) is 0 Å². The predicted octanol–water partition coefficient (Wildman–Crippen LogP) is 3.08. The average Bonchev–Trinajstić information content (AvgIpc) is 2.72. The Morgan fingerprint density at radius 1 is 1.44 bits per heavy atom. The third kappa shape index (κ3) is 1.77. The monoisotopic (exact) mass is 219 g/mol. The quantitative estimate of drug-likeness (QED) is 0.782. The topological polar surface area (TPSA) is 31.2 Å². The van der Waals surface area contributed by atoms with E-state index in [1.165, 1.54) is 0 Å². The van der Waals surface area contributed by atoms with Crippen molar-refractivity contribution >= 4 is 11.5 Å². The van der Waals surface area contributed by atoms with Crippen molar-refractivity contribution < 1.29 is 9.53 Å². The number of rotatable bonds is 3. The molecule has 0 fully saturated rings. The predicted molar refractivity (Wildman–Crippen MR) is 63.1 cm³/mol. The van der Waals surface area contributed by atoms with Crippen molar-refractivity contribution in [3.8, 4) is 0 Å². The van der Waals surface area contributed by atoms with Crippen LogP contribution in [0.15, 0.2) is 24.6 Å². The lowest BCUT2D eigenvalue weighted by molar-refractivity contribution is 0.0702. The Morgan fingerprint density at radius 3 is 2.94 bits per heavy atom. The number of fused-ring (bicyclic) bond motifs is 1. The Bertz CT molecular complexity index is 417. The van der Waals surface area contributed by atoms with Crippen LogP contribution < -0.4 is 0 Å². The lowest BCUT2D eigenvalue weighted by atomic mass is 10.1. The van der Waals surface area contributed by atoms with Gasteiger partial charge in [-0.3, -0.25) is 4.79 Å². The molecule has 0 aliphatic carbocycles. The van der Waals surface area contributed by atoms with Gasteiger partial charge in [0.2, 0.25) is 5.78 Å². The van der Waals surface area contributed by atoms with E-state index in [1.54, 1.807) is 6.26 Å². The van der Waals surface area contributed by atoms with Gasteiger partial charge in [-0.15, -0.1) is 0 Å². The summed E-state index contributed by atoms with van der Waals surface area (Å²) in [6.45, 7) is 4.09. The zero-order chi connectivity index (χ0) is 11.5. The molecule has 0 amide bonds. The van der Waals surface area contributed by atoms with E-state index in [1.807, 2.05) is 29.8 Å². The summed E-state index contributed by atoms with van der Waals surface area (Å²) in [4.78, 5) is 12.1. The van der Waals surface area contributed by atoms with Gasteiger partial charge in [0.15, 0.2) is 6.10 Å². The molecule has 1 atom stereocenters. The minimum Gasteiger partial charge on any atom is -0.488 e. The molecule has 16 heavy (non-hydrogen) atoms. The summed E-state index contributed by atoms with van der Waals surface area (Å²) < 4.78 is 7.48. The first-order valence-corrected chi connectivity index (χ1v) is 5.84. The summed E-state index contributed by atoms with van der Waals surface area (Å²) in [5.74, 6) is 0.0786. The van der Waals surface area contributed by atoms with Crippen molar-refractivity contribution in [1.82, 2.24) is 4.57 Å². The molecule has 1 aliphatic heterocycles. The molecule has 3 heteroatoms. The van der Waals surface area contributed by atoms with Crippen molar-refractivity contribution in [2.24, 2.45) is 0 Å². The minimum absolute atomic E-state index is 0.0786. The molecule has 3 nitrogen and oxygen atoms in total. The maximum absolute atomic E-state index is 12.1. The normalized spacial score (nSPS) is 19.8. The fraction of sp³-hybridized carbons (Fsp3) is 0.462. The summed E-state index contributed by atoms with van der Waals surface area (Å²) in [5.41, 5.74) is 1.80. The first-order chi connectivity index (χ1) is 7.77. The van der Waals surface area contributed by atoms with E-state index >= 15 is 0 Å². The molecule has 1 aromatic heterocycles. The van der Waals surface area contributed by atoms with E-state index < -0.39 is 0 Å². The number of carbonyl (C=O) groups is 1. The Hall–Kier alpha value is -1.51. The number of ether oxygens (including phenoxy) is 1. The molecular formula is C13H17NO2. The molecule has 1 aliphatic rings. The Balaban J connectivity index is 2.41. The number of nitrogens with zero attached hydrogens (tertiary/aromatic N) is 1. The molecule has 0 saturated heterocycles. The largest absolute Gasteiger partial charge is 0.488 e. The molecule has 0 N–H and O–H groups in total. The van der Waals surface area contributed by atoms with E-state index in [2.05, 4.69) is 6.92 Å². The number of carbonyl (C=O) groups excluding carboxylic acids is 1. The van der Waals surface area contributed by atoms with Crippen LogP contribution in [0.2, 0.25) is 0 Å². The van der Waals surface area contributed by atoms with E-state index in [0.29, 0.717) is 6.42 Å². The molecule has 1 aromatic rings. The Labute approximate surface area is 95.7 Å². The molecule has 0 radical (unpaired) electrons. The van der Waals surface area contributed by atoms with E-state index in [0.717, 1.165) is 24.2 Å². The smallest absolute Gasteiger partial charge is 0.219 e. The molecule has 0 aromatic carbocycles. The Morgan fingerprint density at radius 2 is 2.25 bits per heavy atom. The summed E-state index contributed by atoms with van der Waals surface area (Å²) in [5, 5.41) is 0. The van der Waals surface area contributed by atoms with Gasteiger partial charge in [0.1, 0.15) is 6.26 Å². The van der Waals surface area contributed by atoms with Crippen LogP contribution in [-0.4, -0.2) is 16.5 Å². The molecular weight excluding hydrogens is 202 g/mol. The van der Waals surface area contributed by atoms with Crippen LogP contribution in [0, 0.1) is 0 Å². The number of Topliss-reactive ketones (excluding diaryl/α,β-unsaturated/α-hetero) is 1. The van der Waals surface area contributed by atoms with Gasteiger partial charge in [0, 0.05) is 6.20 Å².